The van der Waals surface area contributed by atoms with E-state index >= 15 is 0 Å². The molecule has 35 heavy (non-hydrogen) atoms. The first kappa shape index (κ1) is 24.7. The topological polar surface area (TPSA) is 116 Å². The molecule has 186 valence electrons. The van der Waals surface area contributed by atoms with E-state index in [4.69, 9.17) is 4.74 Å². The Balaban J connectivity index is 1.43. The van der Waals surface area contributed by atoms with Gasteiger partial charge in [-0.3, -0.25) is 9.59 Å². The summed E-state index contributed by atoms with van der Waals surface area (Å²) in [5.74, 6) is -2.10. The third kappa shape index (κ3) is 5.65. The van der Waals surface area contributed by atoms with E-state index in [-0.39, 0.29) is 31.6 Å². The number of amides is 2. The number of carboxylic acid groups (broad SMARTS) is 1. The van der Waals surface area contributed by atoms with Crippen LogP contribution in [0, 0.1) is 5.92 Å². The monoisotopic (exact) mass is 480 g/mol. The predicted molar refractivity (Wildman–Crippen MR) is 130 cm³/mol. The Bertz CT molecular complexity index is 1030. The van der Waals surface area contributed by atoms with Crippen molar-refractivity contribution in [3.8, 4) is 11.1 Å². The molecule has 2 aliphatic carbocycles. The Morgan fingerprint density at radius 3 is 2.20 bits per heavy atom. The first-order valence-corrected chi connectivity index (χ1v) is 12.2. The SMILES string of the molecule is O=C(O)CN(CCO)C(=O)C1CCCCCC1NC(=O)OCC1c2ccccc2-c2ccccc21. The Morgan fingerprint density at radius 2 is 1.57 bits per heavy atom. The summed E-state index contributed by atoms with van der Waals surface area (Å²) in [4.78, 5) is 38.4. The molecule has 3 N–H and O–H groups in total. The maximum Gasteiger partial charge on any atom is 0.407 e. The van der Waals surface area contributed by atoms with Crippen molar-refractivity contribution in [3.63, 3.8) is 0 Å². The maximum absolute atomic E-state index is 13.2. The highest BCUT2D eigenvalue weighted by Crippen LogP contribution is 2.44. The van der Waals surface area contributed by atoms with E-state index in [1.54, 1.807) is 0 Å². The molecule has 2 amide bonds. The second kappa shape index (κ2) is 11.4. The zero-order valence-electron chi connectivity index (χ0n) is 19.7. The van der Waals surface area contributed by atoms with Gasteiger partial charge in [0.25, 0.3) is 0 Å². The number of aliphatic hydroxyl groups is 1. The van der Waals surface area contributed by atoms with Crippen LogP contribution in [-0.2, 0) is 14.3 Å². The highest BCUT2D eigenvalue weighted by Gasteiger charge is 2.35. The number of carbonyl (C=O) groups is 3. The molecule has 0 spiro atoms. The molecule has 1 saturated carbocycles. The zero-order valence-corrected chi connectivity index (χ0v) is 19.7. The van der Waals surface area contributed by atoms with E-state index in [0.717, 1.165) is 46.4 Å². The van der Waals surface area contributed by atoms with Crippen molar-refractivity contribution in [2.45, 2.75) is 44.1 Å². The minimum atomic E-state index is -1.14. The van der Waals surface area contributed by atoms with Crippen LogP contribution in [0.4, 0.5) is 4.79 Å². The van der Waals surface area contributed by atoms with Crippen molar-refractivity contribution >= 4 is 18.0 Å². The van der Waals surface area contributed by atoms with E-state index in [2.05, 4.69) is 29.6 Å². The van der Waals surface area contributed by atoms with Gasteiger partial charge in [0.2, 0.25) is 5.91 Å². The van der Waals surface area contributed by atoms with E-state index in [1.807, 2.05) is 24.3 Å². The zero-order chi connectivity index (χ0) is 24.8. The van der Waals surface area contributed by atoms with Gasteiger partial charge in [0.1, 0.15) is 13.2 Å². The minimum Gasteiger partial charge on any atom is -0.480 e. The number of aliphatic carboxylic acids is 1. The van der Waals surface area contributed by atoms with Gasteiger partial charge in [-0.2, -0.15) is 0 Å². The summed E-state index contributed by atoms with van der Waals surface area (Å²) in [7, 11) is 0. The normalized spacial score (nSPS) is 19.2. The second-order valence-electron chi connectivity index (χ2n) is 9.20. The molecular weight excluding hydrogens is 448 g/mol. The fourth-order valence-electron chi connectivity index (χ4n) is 5.35. The Morgan fingerprint density at radius 1 is 0.943 bits per heavy atom. The number of rotatable bonds is 8. The van der Waals surface area contributed by atoms with Crippen molar-refractivity contribution in [1.82, 2.24) is 10.2 Å². The van der Waals surface area contributed by atoms with Crippen LogP contribution in [0.5, 0.6) is 0 Å². The van der Waals surface area contributed by atoms with Gasteiger partial charge in [-0.15, -0.1) is 0 Å². The molecule has 0 aromatic heterocycles. The summed E-state index contributed by atoms with van der Waals surface area (Å²) < 4.78 is 5.67. The lowest BCUT2D eigenvalue weighted by Gasteiger charge is -2.30. The van der Waals surface area contributed by atoms with Gasteiger partial charge in [0.15, 0.2) is 0 Å². The predicted octanol–water partition coefficient (Wildman–Crippen LogP) is 3.38. The van der Waals surface area contributed by atoms with E-state index in [9.17, 15) is 24.6 Å². The maximum atomic E-state index is 13.2. The van der Waals surface area contributed by atoms with E-state index in [1.165, 1.54) is 0 Å². The highest BCUT2D eigenvalue weighted by atomic mass is 16.5. The van der Waals surface area contributed by atoms with E-state index < -0.39 is 30.6 Å². The average molecular weight is 481 g/mol. The molecule has 8 heteroatoms. The van der Waals surface area contributed by atoms with Gasteiger partial charge in [-0.25, -0.2) is 4.79 Å². The van der Waals surface area contributed by atoms with Gasteiger partial charge in [-0.1, -0.05) is 67.8 Å². The third-order valence-corrected chi connectivity index (χ3v) is 6.99. The highest BCUT2D eigenvalue weighted by molar-refractivity contribution is 5.84. The Hall–Kier alpha value is -3.39. The van der Waals surface area contributed by atoms with Crippen LogP contribution in [0.25, 0.3) is 11.1 Å². The van der Waals surface area contributed by atoms with E-state index in [0.29, 0.717) is 12.8 Å². The summed E-state index contributed by atoms with van der Waals surface area (Å²) in [5, 5.41) is 21.4. The smallest absolute Gasteiger partial charge is 0.407 e. The summed E-state index contributed by atoms with van der Waals surface area (Å²) in [6, 6.07) is 15.8. The quantitative estimate of drug-likeness (QED) is 0.499. The number of hydrogen-bond acceptors (Lipinski definition) is 5. The summed E-state index contributed by atoms with van der Waals surface area (Å²) in [6.45, 7) is -0.677. The van der Waals surface area contributed by atoms with Crippen molar-refractivity contribution in [2.24, 2.45) is 5.92 Å². The number of carbonyl (C=O) groups excluding carboxylic acids is 2. The summed E-state index contributed by atoms with van der Waals surface area (Å²) in [5.41, 5.74) is 4.54. The molecule has 8 nitrogen and oxygen atoms in total. The number of aliphatic hydroxyl groups excluding tert-OH is 1. The van der Waals surface area contributed by atoms with Gasteiger partial charge >= 0.3 is 12.1 Å². The number of nitrogens with one attached hydrogen (secondary N) is 1. The number of benzene rings is 2. The fraction of sp³-hybridized carbons (Fsp3) is 0.444. The van der Waals surface area contributed by atoms with Gasteiger partial charge in [0.05, 0.1) is 12.5 Å². The molecule has 2 unspecified atom stereocenters. The van der Waals surface area contributed by atoms with Crippen LogP contribution in [0.15, 0.2) is 48.5 Å². The largest absolute Gasteiger partial charge is 0.480 e. The lowest BCUT2D eigenvalue weighted by molar-refractivity contribution is -0.147. The first-order chi connectivity index (χ1) is 17.0. The first-order valence-electron chi connectivity index (χ1n) is 12.2. The fourth-order valence-corrected chi connectivity index (χ4v) is 5.35. The van der Waals surface area contributed by atoms with Crippen LogP contribution in [0.2, 0.25) is 0 Å². The Labute approximate surface area is 204 Å². The number of hydrogen-bond donors (Lipinski definition) is 3. The van der Waals surface area contributed by atoms with Crippen molar-refractivity contribution in [3.05, 3.63) is 59.7 Å². The van der Waals surface area contributed by atoms with Gasteiger partial charge in [0, 0.05) is 18.5 Å². The number of nitrogens with zero attached hydrogens (tertiary/aromatic N) is 1. The van der Waals surface area contributed by atoms with Gasteiger partial charge in [-0.05, 0) is 35.1 Å². The van der Waals surface area contributed by atoms with Crippen LogP contribution < -0.4 is 5.32 Å². The number of alkyl carbamates (subject to hydrolysis) is 1. The van der Waals surface area contributed by atoms with Crippen LogP contribution in [-0.4, -0.2) is 65.4 Å². The molecule has 0 bridgehead atoms. The van der Waals surface area contributed by atoms with Crippen LogP contribution in [0.1, 0.15) is 49.1 Å². The van der Waals surface area contributed by atoms with Crippen LogP contribution in [0.3, 0.4) is 0 Å². The molecule has 1 fully saturated rings. The lowest BCUT2D eigenvalue weighted by atomic mass is 9.93. The molecule has 0 heterocycles. The van der Waals surface area contributed by atoms with Crippen LogP contribution >= 0.6 is 0 Å². The molecule has 2 atom stereocenters. The standard InChI is InChI=1S/C27H32N2O6/c30-15-14-29(16-25(31)32)26(33)22-12-2-1-3-13-24(22)28-27(34)35-17-23-20-10-6-4-8-18(20)19-9-5-7-11-21(19)23/h4-11,22-24,30H,1-3,12-17H2,(H,28,34)(H,31,32). The molecule has 2 aliphatic rings. The van der Waals surface area contributed by atoms with Gasteiger partial charge < -0.3 is 25.2 Å². The number of fused-ring (bicyclic) bond motifs is 3. The second-order valence-corrected chi connectivity index (χ2v) is 9.20. The Kier molecular flexibility index (Phi) is 8.02. The van der Waals surface area contributed by atoms with Crippen molar-refractivity contribution < 1.29 is 29.3 Å². The minimum absolute atomic E-state index is 0.0563. The molecule has 2 aromatic rings. The molecular formula is C27H32N2O6. The third-order valence-electron chi connectivity index (χ3n) is 6.99. The van der Waals surface area contributed by atoms with Crippen molar-refractivity contribution in [1.29, 1.82) is 0 Å². The number of ether oxygens (including phenoxy) is 1. The lowest BCUT2D eigenvalue weighted by Crippen LogP contribution is -2.49. The summed E-state index contributed by atoms with van der Waals surface area (Å²) >= 11 is 0. The molecule has 0 radical (unpaired) electrons. The average Bonchev–Trinajstić information content (AvgIpc) is 2.98. The van der Waals surface area contributed by atoms with Crippen molar-refractivity contribution in [2.75, 3.05) is 26.3 Å². The molecule has 0 saturated heterocycles. The summed E-state index contributed by atoms with van der Waals surface area (Å²) in [6.07, 6.45) is 3.19. The molecule has 0 aliphatic heterocycles. The molecule has 4 rings (SSSR count). The molecule has 2 aromatic carbocycles. The number of carboxylic acids is 1.